The minimum Gasteiger partial charge on any atom is -0.478 e. The maximum Gasteiger partial charge on any atom is 0.335 e. The summed E-state index contributed by atoms with van der Waals surface area (Å²) in [6.45, 7) is 1.80. The quantitative estimate of drug-likeness (QED) is 0.807. The molecule has 2 aromatic rings. The molecule has 0 heterocycles. The highest BCUT2D eigenvalue weighted by Gasteiger charge is 2.06. The van der Waals surface area contributed by atoms with Crippen LogP contribution in [0.3, 0.4) is 0 Å². The van der Waals surface area contributed by atoms with Gasteiger partial charge < -0.3 is 15.3 Å². The third-order valence-corrected chi connectivity index (χ3v) is 2.73. The minimum atomic E-state index is -1.13. The van der Waals surface area contributed by atoms with Crippen molar-refractivity contribution < 1.29 is 24.9 Å². The lowest BCUT2D eigenvalue weighted by molar-refractivity contribution is 0.0696. The molecule has 0 aliphatic rings. The Morgan fingerprint density at radius 3 is 1.82 bits per heavy atom. The number of hydrogen-bond donors (Lipinski definition) is 3. The Labute approximate surface area is 128 Å². The first-order valence-corrected chi connectivity index (χ1v) is 6.68. The average Bonchev–Trinajstić information content (AvgIpc) is 2.48. The van der Waals surface area contributed by atoms with Crippen LogP contribution in [0.15, 0.2) is 54.6 Å². The van der Waals surface area contributed by atoms with Crippen LogP contribution in [-0.2, 0) is 6.42 Å². The van der Waals surface area contributed by atoms with E-state index in [2.05, 4.69) is 0 Å². The third kappa shape index (κ3) is 6.19. The third-order valence-electron chi connectivity index (χ3n) is 2.73. The van der Waals surface area contributed by atoms with E-state index >= 15 is 0 Å². The van der Waals surface area contributed by atoms with Crippen LogP contribution in [0.1, 0.15) is 33.2 Å². The maximum absolute atomic E-state index is 10.4. The number of benzene rings is 2. The molecule has 22 heavy (non-hydrogen) atoms. The summed E-state index contributed by atoms with van der Waals surface area (Å²) in [7, 11) is 0. The van der Waals surface area contributed by atoms with Crippen LogP contribution in [0.5, 0.6) is 0 Å². The van der Waals surface area contributed by atoms with Crippen LogP contribution >= 0.6 is 0 Å². The maximum atomic E-state index is 10.4. The number of aromatic carboxylic acids is 2. The smallest absolute Gasteiger partial charge is 0.335 e. The summed E-state index contributed by atoms with van der Waals surface area (Å²) < 4.78 is 0. The van der Waals surface area contributed by atoms with Crippen LogP contribution in [0.25, 0.3) is 0 Å². The summed E-state index contributed by atoms with van der Waals surface area (Å²) in [5.41, 5.74) is 1.15. The second-order valence-corrected chi connectivity index (χ2v) is 4.73. The van der Waals surface area contributed by atoms with Crippen molar-refractivity contribution in [2.24, 2.45) is 0 Å². The highest BCUT2D eigenvalue weighted by atomic mass is 16.4. The van der Waals surface area contributed by atoms with Gasteiger partial charge in [-0.25, -0.2) is 9.59 Å². The fraction of sp³-hybridized carbons (Fsp3) is 0.176. The van der Waals surface area contributed by atoms with E-state index in [1.165, 1.54) is 23.8 Å². The summed E-state index contributed by atoms with van der Waals surface area (Å²) in [5.74, 6) is -2.25. The summed E-state index contributed by atoms with van der Waals surface area (Å²) in [6.07, 6.45) is 0.517. The zero-order valence-corrected chi connectivity index (χ0v) is 12.1. The van der Waals surface area contributed by atoms with Gasteiger partial charge >= 0.3 is 11.9 Å². The molecule has 0 aliphatic heterocycles. The van der Waals surface area contributed by atoms with Crippen LogP contribution in [0.2, 0.25) is 0 Å². The Kier molecular flexibility index (Phi) is 6.79. The number of carboxylic acid groups (broad SMARTS) is 2. The molecule has 2 rings (SSSR count). The largest absolute Gasteiger partial charge is 0.478 e. The summed E-state index contributed by atoms with van der Waals surface area (Å²) in [5, 5.41) is 26.0. The molecule has 3 N–H and O–H groups in total. The van der Waals surface area contributed by atoms with Crippen molar-refractivity contribution in [3.63, 3.8) is 0 Å². The van der Waals surface area contributed by atoms with Crippen LogP contribution in [-0.4, -0.2) is 33.4 Å². The molecular weight excluding hydrogens is 284 g/mol. The van der Waals surface area contributed by atoms with E-state index in [0.717, 1.165) is 12.5 Å². The molecule has 0 amide bonds. The lowest BCUT2D eigenvalue weighted by Crippen LogP contribution is -2.03. The second kappa shape index (κ2) is 8.59. The zero-order valence-electron chi connectivity index (χ0n) is 12.1. The molecule has 0 aliphatic carbocycles. The first-order chi connectivity index (χ1) is 10.4. The molecule has 5 heteroatoms. The topological polar surface area (TPSA) is 94.8 Å². The monoisotopic (exact) mass is 302 g/mol. The summed E-state index contributed by atoms with van der Waals surface area (Å²) in [6, 6.07) is 15.2. The highest BCUT2D eigenvalue weighted by Crippen LogP contribution is 2.04. The lowest BCUT2D eigenvalue weighted by Gasteiger charge is -2.01. The molecule has 0 saturated carbocycles. The van der Waals surface area contributed by atoms with Gasteiger partial charge in [-0.05, 0) is 37.1 Å². The lowest BCUT2D eigenvalue weighted by atomic mass is 10.1. The normalized spacial score (nSPS) is 11.0. The van der Waals surface area contributed by atoms with Crippen molar-refractivity contribution in [3.8, 4) is 0 Å². The predicted molar refractivity (Wildman–Crippen MR) is 82.2 cm³/mol. The van der Waals surface area contributed by atoms with Crippen molar-refractivity contribution in [1.29, 1.82) is 0 Å². The van der Waals surface area contributed by atoms with E-state index in [-0.39, 0.29) is 17.2 Å². The van der Waals surface area contributed by atoms with Gasteiger partial charge in [0.2, 0.25) is 0 Å². The SMILES string of the molecule is CC(O)Cc1ccccc1.O=C(O)c1cccc(C(=O)O)c1. The van der Waals surface area contributed by atoms with Crippen molar-refractivity contribution in [3.05, 3.63) is 71.3 Å². The van der Waals surface area contributed by atoms with Crippen LogP contribution < -0.4 is 0 Å². The molecule has 1 atom stereocenters. The van der Waals surface area contributed by atoms with Gasteiger partial charge in [-0.15, -0.1) is 0 Å². The Hall–Kier alpha value is -2.66. The van der Waals surface area contributed by atoms with Crippen molar-refractivity contribution in [2.75, 3.05) is 0 Å². The van der Waals surface area contributed by atoms with Gasteiger partial charge in [0.15, 0.2) is 0 Å². The number of hydrogen-bond acceptors (Lipinski definition) is 3. The van der Waals surface area contributed by atoms with Gasteiger partial charge in [-0.1, -0.05) is 36.4 Å². The van der Waals surface area contributed by atoms with E-state index in [0.29, 0.717) is 0 Å². The summed E-state index contributed by atoms with van der Waals surface area (Å²) in [4.78, 5) is 20.8. The first-order valence-electron chi connectivity index (χ1n) is 6.68. The predicted octanol–water partition coefficient (Wildman–Crippen LogP) is 2.69. The van der Waals surface area contributed by atoms with Crippen LogP contribution in [0.4, 0.5) is 0 Å². The number of carbonyl (C=O) groups is 2. The number of carboxylic acids is 2. The average molecular weight is 302 g/mol. The molecule has 2 aromatic carbocycles. The molecule has 0 fully saturated rings. The fourth-order valence-corrected chi connectivity index (χ4v) is 1.74. The first kappa shape index (κ1) is 17.4. The van der Waals surface area contributed by atoms with Gasteiger partial charge in [-0.3, -0.25) is 0 Å². The van der Waals surface area contributed by atoms with Crippen LogP contribution in [0, 0.1) is 0 Å². The van der Waals surface area contributed by atoms with E-state index < -0.39 is 11.9 Å². The Bertz CT molecular complexity index is 591. The van der Waals surface area contributed by atoms with Crippen molar-refractivity contribution >= 4 is 11.9 Å². The Morgan fingerprint density at radius 1 is 0.909 bits per heavy atom. The van der Waals surface area contributed by atoms with E-state index in [9.17, 15) is 9.59 Å². The molecular formula is C17H18O5. The van der Waals surface area contributed by atoms with Crippen molar-refractivity contribution in [2.45, 2.75) is 19.4 Å². The molecule has 1 unspecified atom stereocenters. The van der Waals surface area contributed by atoms with Gasteiger partial charge in [0.05, 0.1) is 17.2 Å². The highest BCUT2D eigenvalue weighted by molar-refractivity contribution is 5.93. The zero-order chi connectivity index (χ0) is 16.5. The van der Waals surface area contributed by atoms with Gasteiger partial charge in [0, 0.05) is 0 Å². The molecule has 0 saturated heterocycles. The molecule has 0 radical (unpaired) electrons. The van der Waals surface area contributed by atoms with Crippen molar-refractivity contribution in [1.82, 2.24) is 0 Å². The minimum absolute atomic E-state index is 0.0186. The molecule has 0 aromatic heterocycles. The number of aliphatic hydroxyl groups is 1. The van der Waals surface area contributed by atoms with E-state index in [4.69, 9.17) is 15.3 Å². The second-order valence-electron chi connectivity index (χ2n) is 4.73. The molecule has 0 spiro atoms. The molecule has 116 valence electrons. The number of aliphatic hydroxyl groups excluding tert-OH is 1. The standard InChI is InChI=1S/C9H12O.C8H6O4/c1-8(10)7-9-5-3-2-4-6-9;9-7(10)5-2-1-3-6(4-5)8(11)12/h2-6,8,10H,7H2,1H3;1-4H,(H,9,10)(H,11,12). The number of rotatable bonds is 4. The van der Waals surface area contributed by atoms with Gasteiger partial charge in [0.25, 0.3) is 0 Å². The van der Waals surface area contributed by atoms with E-state index in [1.54, 1.807) is 6.92 Å². The Balaban J connectivity index is 0.000000224. The van der Waals surface area contributed by atoms with E-state index in [1.807, 2.05) is 30.3 Å². The fourth-order valence-electron chi connectivity index (χ4n) is 1.74. The van der Waals surface area contributed by atoms with Gasteiger partial charge in [-0.2, -0.15) is 0 Å². The van der Waals surface area contributed by atoms with Gasteiger partial charge in [0.1, 0.15) is 0 Å². The Morgan fingerprint density at radius 2 is 1.41 bits per heavy atom. The summed E-state index contributed by atoms with van der Waals surface area (Å²) >= 11 is 0. The molecule has 5 nitrogen and oxygen atoms in total. The molecule has 0 bridgehead atoms.